The van der Waals surface area contributed by atoms with Gasteiger partial charge < -0.3 is 14.4 Å². The highest BCUT2D eigenvalue weighted by Gasteiger charge is 2.27. The minimum absolute atomic E-state index is 0.129. The van der Waals surface area contributed by atoms with Crippen LogP contribution in [0.5, 0.6) is 0 Å². The van der Waals surface area contributed by atoms with E-state index in [1.165, 1.54) is 16.5 Å². The molecule has 1 saturated heterocycles. The highest BCUT2D eigenvalue weighted by molar-refractivity contribution is 7.98. The van der Waals surface area contributed by atoms with Gasteiger partial charge in [-0.05, 0) is 56.4 Å². The van der Waals surface area contributed by atoms with E-state index in [1.807, 2.05) is 43.0 Å². The van der Waals surface area contributed by atoms with E-state index in [-0.39, 0.29) is 5.91 Å². The predicted octanol–water partition coefficient (Wildman–Crippen LogP) is 6.08. The Morgan fingerprint density at radius 3 is 2.66 bits per heavy atom. The molecule has 1 N–H and O–H groups in total. The van der Waals surface area contributed by atoms with E-state index >= 15 is 0 Å². The van der Waals surface area contributed by atoms with Crippen LogP contribution in [0.3, 0.4) is 0 Å². The summed E-state index contributed by atoms with van der Waals surface area (Å²) in [4.78, 5) is 19.8. The smallest absolute Gasteiger partial charge is 0.254 e. The number of thioether (sulfide) groups is 1. The van der Waals surface area contributed by atoms with Crippen LogP contribution in [-0.4, -0.2) is 34.0 Å². The Labute approximate surface area is 192 Å². The molecule has 4 aromatic rings. The molecule has 2 aromatic heterocycles. The summed E-state index contributed by atoms with van der Waals surface area (Å²) in [7, 11) is 0. The second-order valence-electron chi connectivity index (χ2n) is 8.44. The van der Waals surface area contributed by atoms with Crippen LogP contribution >= 0.6 is 11.8 Å². The normalized spacial score (nSPS) is 14.9. The number of rotatable bonds is 5. The van der Waals surface area contributed by atoms with Crippen molar-refractivity contribution in [2.24, 2.45) is 0 Å². The Balaban J connectivity index is 1.27. The second-order valence-corrected chi connectivity index (χ2v) is 9.46. The highest BCUT2D eigenvalue weighted by atomic mass is 32.2. The number of nitrogens with one attached hydrogen (secondary N) is 1. The van der Waals surface area contributed by atoms with Crippen molar-refractivity contribution in [3.8, 4) is 0 Å². The standard InChI is InChI=1S/C26H27N3O2S/c1-17-23(18(2)31-28-17)16-32-25-10-6-4-8-21(25)26(30)29-13-11-19(12-14-29)22-15-27-24-9-5-3-7-20(22)24/h3-10,15,19,27H,11-14,16H2,1-2H3. The molecule has 32 heavy (non-hydrogen) atoms. The first-order valence-corrected chi connectivity index (χ1v) is 12.1. The molecule has 1 amide bonds. The molecule has 0 bridgehead atoms. The van der Waals surface area contributed by atoms with Gasteiger partial charge in [0.2, 0.25) is 0 Å². The van der Waals surface area contributed by atoms with Gasteiger partial charge in [-0.3, -0.25) is 4.79 Å². The number of H-pyrrole nitrogens is 1. The molecule has 164 valence electrons. The van der Waals surface area contributed by atoms with Crippen molar-refractivity contribution in [1.29, 1.82) is 0 Å². The van der Waals surface area contributed by atoms with Crippen molar-refractivity contribution in [3.05, 3.63) is 82.9 Å². The van der Waals surface area contributed by atoms with E-state index in [1.54, 1.807) is 11.8 Å². The summed E-state index contributed by atoms with van der Waals surface area (Å²) in [6.45, 7) is 5.46. The number of hydrogen-bond acceptors (Lipinski definition) is 4. The third-order valence-corrected chi connectivity index (χ3v) is 7.61. The summed E-state index contributed by atoms with van der Waals surface area (Å²) in [5.41, 5.74) is 5.37. The predicted molar refractivity (Wildman–Crippen MR) is 128 cm³/mol. The molecule has 0 atom stereocenters. The van der Waals surface area contributed by atoms with Gasteiger partial charge in [0.25, 0.3) is 5.91 Å². The number of carbonyl (C=O) groups is 1. The Morgan fingerprint density at radius 2 is 1.88 bits per heavy atom. The third kappa shape index (κ3) is 3.95. The number of piperidine rings is 1. The Hall–Kier alpha value is -2.99. The number of hydrogen-bond donors (Lipinski definition) is 1. The van der Waals surface area contributed by atoms with E-state index < -0.39 is 0 Å². The minimum atomic E-state index is 0.129. The van der Waals surface area contributed by atoms with Gasteiger partial charge in [0.1, 0.15) is 5.76 Å². The number of carbonyl (C=O) groups excluding carboxylic acids is 1. The molecule has 0 spiro atoms. The van der Waals surface area contributed by atoms with Gasteiger partial charge >= 0.3 is 0 Å². The number of aromatic amines is 1. The molecule has 0 aliphatic carbocycles. The first kappa shape index (κ1) is 20.9. The molecule has 0 radical (unpaired) electrons. The van der Waals surface area contributed by atoms with Crippen LogP contribution in [0.2, 0.25) is 0 Å². The third-order valence-electron chi connectivity index (χ3n) is 6.51. The van der Waals surface area contributed by atoms with Crippen LogP contribution in [0, 0.1) is 13.8 Å². The van der Waals surface area contributed by atoms with Crippen molar-refractivity contribution in [2.75, 3.05) is 13.1 Å². The molecule has 0 saturated carbocycles. The first-order chi connectivity index (χ1) is 15.6. The van der Waals surface area contributed by atoms with Gasteiger partial charge in [-0.25, -0.2) is 0 Å². The maximum Gasteiger partial charge on any atom is 0.254 e. The lowest BCUT2D eigenvalue weighted by Gasteiger charge is -2.32. The number of benzene rings is 2. The molecule has 0 unspecified atom stereocenters. The van der Waals surface area contributed by atoms with Crippen molar-refractivity contribution >= 4 is 28.6 Å². The number of amides is 1. The van der Waals surface area contributed by atoms with Crippen LogP contribution < -0.4 is 0 Å². The molecule has 3 heterocycles. The summed E-state index contributed by atoms with van der Waals surface area (Å²) in [6, 6.07) is 16.4. The van der Waals surface area contributed by atoms with Gasteiger partial charge in [0.05, 0.1) is 11.3 Å². The molecular formula is C26H27N3O2S. The maximum atomic E-state index is 13.4. The fraction of sp³-hybridized carbons (Fsp3) is 0.308. The summed E-state index contributed by atoms with van der Waals surface area (Å²) in [5, 5.41) is 5.34. The lowest BCUT2D eigenvalue weighted by Crippen LogP contribution is -2.38. The molecule has 6 heteroatoms. The Kier molecular flexibility index (Phi) is 5.79. The van der Waals surface area contributed by atoms with Crippen molar-refractivity contribution in [1.82, 2.24) is 15.0 Å². The van der Waals surface area contributed by atoms with E-state index in [4.69, 9.17) is 4.52 Å². The molecular weight excluding hydrogens is 418 g/mol. The van der Waals surface area contributed by atoms with Crippen molar-refractivity contribution in [2.45, 2.75) is 43.3 Å². The summed E-state index contributed by atoms with van der Waals surface area (Å²) in [6.07, 6.45) is 4.12. The molecule has 5 rings (SSSR count). The van der Waals surface area contributed by atoms with Crippen LogP contribution in [0.4, 0.5) is 0 Å². The molecule has 1 aliphatic heterocycles. The first-order valence-electron chi connectivity index (χ1n) is 11.1. The fourth-order valence-electron chi connectivity index (χ4n) is 4.62. The molecule has 5 nitrogen and oxygen atoms in total. The highest BCUT2D eigenvalue weighted by Crippen LogP contribution is 2.35. The topological polar surface area (TPSA) is 62.1 Å². The maximum absolute atomic E-state index is 13.4. The number of aryl methyl sites for hydroxylation is 2. The molecule has 2 aromatic carbocycles. The average Bonchev–Trinajstić information content (AvgIpc) is 3.40. The zero-order chi connectivity index (χ0) is 22.1. The minimum Gasteiger partial charge on any atom is -0.361 e. The molecule has 1 fully saturated rings. The quantitative estimate of drug-likeness (QED) is 0.378. The van der Waals surface area contributed by atoms with Gasteiger partial charge in [0, 0.05) is 46.4 Å². The monoisotopic (exact) mass is 445 g/mol. The summed E-state index contributed by atoms with van der Waals surface area (Å²) >= 11 is 1.67. The lowest BCUT2D eigenvalue weighted by atomic mass is 9.89. The van der Waals surface area contributed by atoms with Crippen molar-refractivity contribution in [3.63, 3.8) is 0 Å². The zero-order valence-corrected chi connectivity index (χ0v) is 19.2. The number of aromatic nitrogens is 2. The SMILES string of the molecule is Cc1noc(C)c1CSc1ccccc1C(=O)N1CCC(c2c[nH]c3ccccc23)CC1. The van der Waals surface area contributed by atoms with Gasteiger partial charge in [-0.1, -0.05) is 35.5 Å². The number of para-hydroxylation sites is 1. The average molecular weight is 446 g/mol. The zero-order valence-electron chi connectivity index (χ0n) is 18.4. The van der Waals surface area contributed by atoms with E-state index in [0.29, 0.717) is 5.92 Å². The van der Waals surface area contributed by atoms with Gasteiger partial charge in [-0.15, -0.1) is 11.8 Å². The summed E-state index contributed by atoms with van der Waals surface area (Å²) in [5.74, 6) is 2.20. The van der Waals surface area contributed by atoms with Crippen LogP contribution in [0.1, 0.15) is 51.7 Å². The van der Waals surface area contributed by atoms with Crippen LogP contribution in [0.25, 0.3) is 10.9 Å². The Bertz CT molecular complexity index is 1230. The largest absolute Gasteiger partial charge is 0.361 e. The van der Waals surface area contributed by atoms with E-state index in [2.05, 4.69) is 40.6 Å². The Morgan fingerprint density at radius 1 is 1.12 bits per heavy atom. The second kappa shape index (κ2) is 8.87. The number of fused-ring (bicyclic) bond motifs is 1. The van der Waals surface area contributed by atoms with Gasteiger partial charge in [0.15, 0.2) is 0 Å². The van der Waals surface area contributed by atoms with E-state index in [0.717, 1.165) is 59.2 Å². The number of nitrogens with zero attached hydrogens (tertiary/aromatic N) is 2. The van der Waals surface area contributed by atoms with Gasteiger partial charge in [-0.2, -0.15) is 0 Å². The van der Waals surface area contributed by atoms with Crippen LogP contribution in [-0.2, 0) is 5.75 Å². The lowest BCUT2D eigenvalue weighted by molar-refractivity contribution is 0.0710. The fourth-order valence-corrected chi connectivity index (χ4v) is 5.82. The van der Waals surface area contributed by atoms with Crippen LogP contribution in [0.15, 0.2) is 64.1 Å². The molecule has 1 aliphatic rings. The van der Waals surface area contributed by atoms with Crippen molar-refractivity contribution < 1.29 is 9.32 Å². The summed E-state index contributed by atoms with van der Waals surface area (Å²) < 4.78 is 5.28. The van der Waals surface area contributed by atoms with E-state index in [9.17, 15) is 4.79 Å². The number of likely N-dealkylation sites (tertiary alicyclic amines) is 1.